The highest BCUT2D eigenvalue weighted by Crippen LogP contribution is 2.15. The van der Waals surface area contributed by atoms with Crippen molar-refractivity contribution in [3.63, 3.8) is 0 Å². The van der Waals surface area contributed by atoms with Crippen LogP contribution in [-0.2, 0) is 0 Å². The van der Waals surface area contributed by atoms with Gasteiger partial charge in [0.25, 0.3) is 0 Å². The quantitative estimate of drug-likeness (QED) is 0.601. The first-order valence-corrected chi connectivity index (χ1v) is 7.29. The first kappa shape index (κ1) is 14.8. The Morgan fingerprint density at radius 3 is 2.47 bits per heavy atom. The van der Waals surface area contributed by atoms with Crippen LogP contribution in [0.4, 0.5) is 0 Å². The first-order valence-electron chi connectivity index (χ1n) is 6.22. The first-order chi connectivity index (χ1) is 8.08. The van der Waals surface area contributed by atoms with Gasteiger partial charge >= 0.3 is 0 Å². The number of nitrogens with two attached hydrogens (primary N) is 1. The lowest BCUT2D eigenvalue weighted by atomic mass is 9.98. The zero-order valence-corrected chi connectivity index (χ0v) is 12.8. The minimum Gasteiger partial charge on any atom is -0.494 e. The number of benzene rings is 1. The fraction of sp³-hybridized carbons (Fsp3) is 0.571. The van der Waals surface area contributed by atoms with Crippen molar-refractivity contribution >= 4 is 22.6 Å². The minimum absolute atomic E-state index is 0.308. The van der Waals surface area contributed by atoms with Crippen molar-refractivity contribution in [3.05, 3.63) is 27.8 Å². The lowest BCUT2D eigenvalue weighted by Crippen LogP contribution is -2.18. The molecule has 0 heterocycles. The average molecular weight is 347 g/mol. The Hall–Kier alpha value is -0.290. The number of hydrogen-bond donors (Lipinski definition) is 1. The normalized spacial score (nSPS) is 14.4. The van der Waals surface area contributed by atoms with Gasteiger partial charge in [0.05, 0.1) is 6.61 Å². The number of hydrogen-bond acceptors (Lipinski definition) is 2. The van der Waals surface area contributed by atoms with Gasteiger partial charge in [-0.3, -0.25) is 0 Å². The van der Waals surface area contributed by atoms with Crippen molar-refractivity contribution in [1.29, 1.82) is 0 Å². The van der Waals surface area contributed by atoms with E-state index in [0.717, 1.165) is 25.2 Å². The van der Waals surface area contributed by atoms with Crippen LogP contribution in [-0.4, -0.2) is 12.6 Å². The molecule has 0 bridgehead atoms. The lowest BCUT2D eigenvalue weighted by molar-refractivity contribution is 0.290. The highest BCUT2D eigenvalue weighted by atomic mass is 127. The molecule has 0 amide bonds. The number of ether oxygens (including phenoxy) is 1. The van der Waals surface area contributed by atoms with E-state index < -0.39 is 0 Å². The molecule has 0 radical (unpaired) electrons. The molecule has 0 aromatic heterocycles. The molecule has 0 spiro atoms. The Bertz CT molecular complexity index is 311. The van der Waals surface area contributed by atoms with E-state index in [4.69, 9.17) is 10.5 Å². The van der Waals surface area contributed by atoms with Gasteiger partial charge in [-0.1, -0.05) is 6.92 Å². The van der Waals surface area contributed by atoms with Gasteiger partial charge in [0, 0.05) is 9.61 Å². The SMILES string of the molecule is C[C@@H](CCCOc1ccc(I)cc1)C[C@H](C)N. The zero-order valence-electron chi connectivity index (χ0n) is 10.7. The van der Waals surface area contributed by atoms with Crippen LogP contribution in [0.5, 0.6) is 5.75 Å². The van der Waals surface area contributed by atoms with E-state index in [1.807, 2.05) is 12.1 Å². The second-order valence-corrected chi connectivity index (χ2v) is 6.01. The van der Waals surface area contributed by atoms with E-state index in [-0.39, 0.29) is 0 Å². The van der Waals surface area contributed by atoms with E-state index in [0.29, 0.717) is 12.0 Å². The average Bonchev–Trinajstić information content (AvgIpc) is 2.26. The molecule has 0 saturated carbocycles. The van der Waals surface area contributed by atoms with Gasteiger partial charge in [0.2, 0.25) is 0 Å². The minimum atomic E-state index is 0.308. The van der Waals surface area contributed by atoms with Crippen molar-refractivity contribution in [2.75, 3.05) is 6.61 Å². The maximum atomic E-state index is 5.77. The zero-order chi connectivity index (χ0) is 12.7. The molecule has 0 aliphatic carbocycles. The third-order valence-electron chi connectivity index (χ3n) is 2.70. The monoisotopic (exact) mass is 347 g/mol. The summed E-state index contributed by atoms with van der Waals surface area (Å²) in [5, 5.41) is 0. The van der Waals surface area contributed by atoms with E-state index in [1.165, 1.54) is 9.99 Å². The summed E-state index contributed by atoms with van der Waals surface area (Å²) in [6, 6.07) is 8.48. The van der Waals surface area contributed by atoms with Crippen LogP contribution in [0.2, 0.25) is 0 Å². The molecule has 0 aliphatic rings. The summed E-state index contributed by atoms with van der Waals surface area (Å²) in [6.07, 6.45) is 3.38. The largest absolute Gasteiger partial charge is 0.494 e. The molecular weight excluding hydrogens is 325 g/mol. The lowest BCUT2D eigenvalue weighted by Gasteiger charge is -2.13. The van der Waals surface area contributed by atoms with Crippen molar-refractivity contribution in [2.45, 2.75) is 39.2 Å². The molecule has 17 heavy (non-hydrogen) atoms. The standard InChI is InChI=1S/C14H22INO/c1-11(10-12(2)16)4-3-9-17-14-7-5-13(15)6-8-14/h5-8,11-12H,3-4,9-10,16H2,1-2H3/t11-,12-/m0/s1. The topological polar surface area (TPSA) is 35.2 Å². The molecule has 0 saturated heterocycles. The summed E-state index contributed by atoms with van der Waals surface area (Å²) in [5.41, 5.74) is 5.77. The Labute approximate surface area is 118 Å². The van der Waals surface area contributed by atoms with Gasteiger partial charge in [-0.15, -0.1) is 0 Å². The molecule has 0 fully saturated rings. The molecule has 1 rings (SSSR count). The number of halogens is 1. The molecule has 1 aromatic rings. The molecule has 2 nitrogen and oxygen atoms in total. The third kappa shape index (κ3) is 6.88. The van der Waals surface area contributed by atoms with Crippen LogP contribution in [0.15, 0.2) is 24.3 Å². The molecule has 3 heteroatoms. The Kier molecular flexibility index (Phi) is 6.89. The predicted molar refractivity (Wildman–Crippen MR) is 81.3 cm³/mol. The predicted octanol–water partition coefficient (Wildman–Crippen LogP) is 3.82. The molecule has 1 aromatic carbocycles. The van der Waals surface area contributed by atoms with Crippen molar-refractivity contribution in [2.24, 2.45) is 11.7 Å². The van der Waals surface area contributed by atoms with E-state index >= 15 is 0 Å². The van der Waals surface area contributed by atoms with Crippen LogP contribution in [0, 0.1) is 9.49 Å². The van der Waals surface area contributed by atoms with E-state index in [9.17, 15) is 0 Å². The van der Waals surface area contributed by atoms with Gasteiger partial charge < -0.3 is 10.5 Å². The third-order valence-corrected chi connectivity index (χ3v) is 3.42. The van der Waals surface area contributed by atoms with Crippen molar-refractivity contribution in [1.82, 2.24) is 0 Å². The summed E-state index contributed by atoms with van der Waals surface area (Å²) in [4.78, 5) is 0. The highest BCUT2D eigenvalue weighted by molar-refractivity contribution is 14.1. The van der Waals surface area contributed by atoms with Gasteiger partial charge in [-0.25, -0.2) is 0 Å². The summed E-state index contributed by atoms with van der Waals surface area (Å²) < 4.78 is 6.92. The Morgan fingerprint density at radius 1 is 1.24 bits per heavy atom. The van der Waals surface area contributed by atoms with Crippen LogP contribution in [0.1, 0.15) is 33.1 Å². The van der Waals surface area contributed by atoms with Crippen LogP contribution in [0.25, 0.3) is 0 Å². The molecule has 2 N–H and O–H groups in total. The Morgan fingerprint density at radius 2 is 1.88 bits per heavy atom. The summed E-state index contributed by atoms with van der Waals surface area (Å²) >= 11 is 2.29. The van der Waals surface area contributed by atoms with Gasteiger partial charge in [-0.2, -0.15) is 0 Å². The fourth-order valence-corrected chi connectivity index (χ4v) is 2.26. The van der Waals surface area contributed by atoms with Crippen LogP contribution >= 0.6 is 22.6 Å². The smallest absolute Gasteiger partial charge is 0.119 e. The van der Waals surface area contributed by atoms with Crippen LogP contribution in [0.3, 0.4) is 0 Å². The summed E-state index contributed by atoms with van der Waals surface area (Å²) in [6.45, 7) is 5.12. The van der Waals surface area contributed by atoms with Crippen molar-refractivity contribution < 1.29 is 4.74 Å². The van der Waals surface area contributed by atoms with Gasteiger partial charge in [0.15, 0.2) is 0 Å². The van der Waals surface area contributed by atoms with E-state index in [2.05, 4.69) is 48.6 Å². The van der Waals surface area contributed by atoms with Crippen LogP contribution < -0.4 is 10.5 Å². The second-order valence-electron chi connectivity index (χ2n) is 4.76. The second kappa shape index (κ2) is 7.93. The fourth-order valence-electron chi connectivity index (χ4n) is 1.91. The molecule has 96 valence electrons. The Balaban J connectivity index is 2.13. The molecule has 0 unspecified atom stereocenters. The maximum absolute atomic E-state index is 5.77. The van der Waals surface area contributed by atoms with Gasteiger partial charge in [-0.05, 0) is 79.0 Å². The highest BCUT2D eigenvalue weighted by Gasteiger charge is 2.05. The molecule has 2 atom stereocenters. The van der Waals surface area contributed by atoms with Gasteiger partial charge in [0.1, 0.15) is 5.75 Å². The summed E-state index contributed by atoms with van der Waals surface area (Å²) in [7, 11) is 0. The van der Waals surface area contributed by atoms with E-state index in [1.54, 1.807) is 0 Å². The molecular formula is C14H22INO. The summed E-state index contributed by atoms with van der Waals surface area (Å²) in [5.74, 6) is 1.65. The number of rotatable bonds is 7. The maximum Gasteiger partial charge on any atom is 0.119 e. The molecule has 0 aliphatic heterocycles. The van der Waals surface area contributed by atoms with Crippen molar-refractivity contribution in [3.8, 4) is 5.75 Å².